The van der Waals surface area contributed by atoms with Crippen LogP contribution in [0.1, 0.15) is 11.3 Å². The molecule has 0 aliphatic rings. The zero-order valence-corrected chi connectivity index (χ0v) is 13.2. The van der Waals surface area contributed by atoms with Crippen molar-refractivity contribution in [3.63, 3.8) is 0 Å². The number of carbonyl (C=O) groups is 1. The number of pyridine rings is 1. The smallest absolute Gasteiger partial charge is 0.317 e. The second kappa shape index (κ2) is 5.99. The molecule has 0 fully saturated rings. The summed E-state index contributed by atoms with van der Waals surface area (Å²) < 4.78 is 7.13. The second-order valence-electron chi connectivity index (χ2n) is 4.86. The Morgan fingerprint density at radius 1 is 1.23 bits per heavy atom. The predicted molar refractivity (Wildman–Crippen MR) is 85.7 cm³/mol. The van der Waals surface area contributed by atoms with E-state index in [0.29, 0.717) is 15.7 Å². The summed E-state index contributed by atoms with van der Waals surface area (Å²) in [5.74, 6) is -0.285. The molecule has 0 spiro atoms. The van der Waals surface area contributed by atoms with Gasteiger partial charge in [0.2, 0.25) is 0 Å². The molecule has 4 nitrogen and oxygen atoms in total. The molecule has 0 N–H and O–H groups in total. The van der Waals surface area contributed by atoms with Crippen LogP contribution < -0.4 is 4.74 Å². The van der Waals surface area contributed by atoms with Crippen LogP contribution in [-0.4, -0.2) is 15.4 Å². The zero-order chi connectivity index (χ0) is 15.7. The van der Waals surface area contributed by atoms with Crippen LogP contribution in [-0.2, 0) is 11.2 Å². The summed E-state index contributed by atoms with van der Waals surface area (Å²) in [6.45, 7) is 1.97. The van der Waals surface area contributed by atoms with E-state index in [1.165, 1.54) is 0 Å². The first-order valence-corrected chi connectivity index (χ1v) is 7.38. The van der Waals surface area contributed by atoms with Crippen molar-refractivity contribution < 1.29 is 9.53 Å². The molecule has 0 bridgehead atoms. The van der Waals surface area contributed by atoms with Crippen molar-refractivity contribution in [3.8, 4) is 5.75 Å². The number of aryl methyl sites for hydroxylation is 1. The molecule has 112 valence electrons. The number of aromatic nitrogens is 2. The lowest BCUT2D eigenvalue weighted by Gasteiger charge is -2.06. The van der Waals surface area contributed by atoms with Gasteiger partial charge in [-0.15, -0.1) is 0 Å². The van der Waals surface area contributed by atoms with Gasteiger partial charge < -0.3 is 9.14 Å². The zero-order valence-electron chi connectivity index (χ0n) is 11.7. The van der Waals surface area contributed by atoms with Gasteiger partial charge in [-0.25, -0.2) is 4.98 Å². The maximum absolute atomic E-state index is 12.1. The summed E-state index contributed by atoms with van der Waals surface area (Å²) in [7, 11) is 0. The number of halogens is 2. The van der Waals surface area contributed by atoms with E-state index in [0.717, 1.165) is 11.2 Å². The first-order valence-electron chi connectivity index (χ1n) is 6.62. The highest BCUT2D eigenvalue weighted by Gasteiger charge is 2.14. The number of ether oxygens (including phenoxy) is 1. The summed E-state index contributed by atoms with van der Waals surface area (Å²) in [6.07, 6.45) is 3.73. The number of carbonyl (C=O) groups excluding carboxylic acids is 1. The van der Waals surface area contributed by atoms with Gasteiger partial charge in [0.05, 0.1) is 22.2 Å². The summed E-state index contributed by atoms with van der Waals surface area (Å²) in [5.41, 5.74) is 2.49. The molecule has 0 saturated carbocycles. The molecule has 1 aromatic carbocycles. The van der Waals surface area contributed by atoms with Gasteiger partial charge in [-0.1, -0.05) is 35.3 Å². The molecule has 22 heavy (non-hydrogen) atoms. The molecule has 0 amide bonds. The van der Waals surface area contributed by atoms with E-state index in [1.807, 2.05) is 29.7 Å². The average Bonchev–Trinajstić information content (AvgIpc) is 2.87. The molecule has 0 aliphatic carbocycles. The highest BCUT2D eigenvalue weighted by Crippen LogP contribution is 2.32. The Labute approximate surface area is 137 Å². The number of hydrogen-bond donors (Lipinski definition) is 0. The third kappa shape index (κ3) is 2.93. The van der Waals surface area contributed by atoms with Crippen molar-refractivity contribution in [3.05, 3.63) is 64.0 Å². The molecular formula is C16H12Cl2N2O2. The van der Waals surface area contributed by atoms with Crippen molar-refractivity contribution in [2.75, 3.05) is 0 Å². The number of imidazole rings is 1. The monoisotopic (exact) mass is 334 g/mol. The number of esters is 1. The lowest BCUT2D eigenvalue weighted by atomic mass is 10.3. The van der Waals surface area contributed by atoms with Gasteiger partial charge in [-0.2, -0.15) is 0 Å². The molecule has 3 rings (SSSR count). The van der Waals surface area contributed by atoms with Crippen LogP contribution in [0.5, 0.6) is 5.75 Å². The maximum Gasteiger partial charge on any atom is 0.317 e. The first kappa shape index (κ1) is 14.9. The molecule has 3 aromatic rings. The normalized spacial score (nSPS) is 10.9. The van der Waals surface area contributed by atoms with E-state index in [2.05, 4.69) is 4.98 Å². The van der Waals surface area contributed by atoms with Crippen LogP contribution in [0.3, 0.4) is 0 Å². The van der Waals surface area contributed by atoms with Crippen molar-refractivity contribution in [1.82, 2.24) is 9.38 Å². The van der Waals surface area contributed by atoms with Gasteiger partial charge in [-0.3, -0.25) is 4.79 Å². The summed E-state index contributed by atoms with van der Waals surface area (Å²) in [5, 5.41) is 0.596. The van der Waals surface area contributed by atoms with E-state index in [9.17, 15) is 4.79 Å². The number of para-hydroxylation sites is 1. The molecule has 0 radical (unpaired) electrons. The third-order valence-electron chi connectivity index (χ3n) is 3.19. The van der Waals surface area contributed by atoms with E-state index in [-0.39, 0.29) is 12.2 Å². The van der Waals surface area contributed by atoms with Gasteiger partial charge in [0.25, 0.3) is 0 Å². The molecule has 2 heterocycles. The largest absolute Gasteiger partial charge is 0.423 e. The van der Waals surface area contributed by atoms with Crippen LogP contribution in [0.4, 0.5) is 0 Å². The first-order chi connectivity index (χ1) is 10.5. The van der Waals surface area contributed by atoms with Crippen molar-refractivity contribution in [2.45, 2.75) is 13.3 Å². The maximum atomic E-state index is 12.1. The van der Waals surface area contributed by atoms with Gasteiger partial charge >= 0.3 is 5.97 Å². The highest BCUT2D eigenvalue weighted by atomic mass is 35.5. The van der Waals surface area contributed by atoms with Crippen LogP contribution in [0.25, 0.3) is 5.65 Å². The topological polar surface area (TPSA) is 43.6 Å². The minimum atomic E-state index is -0.462. The van der Waals surface area contributed by atoms with Crippen molar-refractivity contribution in [1.29, 1.82) is 0 Å². The number of hydrogen-bond acceptors (Lipinski definition) is 3. The minimum absolute atomic E-state index is 0.0443. The molecule has 6 heteroatoms. The fraction of sp³-hybridized carbons (Fsp3) is 0.125. The Morgan fingerprint density at radius 3 is 2.64 bits per heavy atom. The van der Waals surface area contributed by atoms with E-state index < -0.39 is 5.97 Å². The second-order valence-corrected chi connectivity index (χ2v) is 5.67. The van der Waals surface area contributed by atoms with Crippen LogP contribution in [0, 0.1) is 6.92 Å². The highest BCUT2D eigenvalue weighted by molar-refractivity contribution is 6.37. The van der Waals surface area contributed by atoms with E-state index in [4.69, 9.17) is 27.9 Å². The molecular weight excluding hydrogens is 323 g/mol. The molecule has 0 saturated heterocycles. The van der Waals surface area contributed by atoms with Crippen LogP contribution in [0.2, 0.25) is 10.0 Å². The average molecular weight is 335 g/mol. The quantitative estimate of drug-likeness (QED) is 0.535. The number of fused-ring (bicyclic) bond motifs is 1. The Morgan fingerprint density at radius 2 is 1.95 bits per heavy atom. The van der Waals surface area contributed by atoms with Crippen molar-refractivity contribution >= 4 is 34.8 Å². The fourth-order valence-electron chi connectivity index (χ4n) is 2.17. The summed E-state index contributed by atoms with van der Waals surface area (Å²) in [6, 6.07) is 8.81. The van der Waals surface area contributed by atoms with Gasteiger partial charge in [0, 0.05) is 12.4 Å². The molecule has 0 aliphatic heterocycles. The Kier molecular flexibility index (Phi) is 4.05. The van der Waals surface area contributed by atoms with Crippen LogP contribution in [0.15, 0.2) is 42.7 Å². The lowest BCUT2D eigenvalue weighted by molar-refractivity contribution is -0.133. The van der Waals surface area contributed by atoms with Gasteiger partial charge in [-0.05, 0) is 30.7 Å². The standard InChI is InChI=1S/C16H12Cl2N2O2/c1-10-4-3-7-20-9-11(19-16(10)20)8-14(21)22-15-12(17)5-2-6-13(15)18/h2-7,9H,8H2,1H3. The number of rotatable bonds is 3. The van der Waals surface area contributed by atoms with E-state index in [1.54, 1.807) is 24.4 Å². The third-order valence-corrected chi connectivity index (χ3v) is 3.78. The number of nitrogens with zero attached hydrogens (tertiary/aromatic N) is 2. The SMILES string of the molecule is Cc1cccn2cc(CC(=O)Oc3c(Cl)cccc3Cl)nc12. The minimum Gasteiger partial charge on any atom is -0.423 e. The summed E-state index contributed by atoms with van der Waals surface area (Å²) in [4.78, 5) is 16.5. The predicted octanol–water partition coefficient (Wildman–Crippen LogP) is 4.10. The van der Waals surface area contributed by atoms with Gasteiger partial charge in [0.1, 0.15) is 5.65 Å². The molecule has 2 aromatic heterocycles. The Hall–Kier alpha value is -2.04. The molecule has 0 atom stereocenters. The number of benzene rings is 1. The van der Waals surface area contributed by atoms with Crippen molar-refractivity contribution in [2.24, 2.45) is 0 Å². The lowest BCUT2D eigenvalue weighted by Crippen LogP contribution is -2.12. The summed E-state index contributed by atoms with van der Waals surface area (Å²) >= 11 is 12.0. The Balaban J connectivity index is 1.80. The van der Waals surface area contributed by atoms with Gasteiger partial charge in [0.15, 0.2) is 5.75 Å². The van der Waals surface area contributed by atoms with Crippen LogP contribution >= 0.6 is 23.2 Å². The fourth-order valence-corrected chi connectivity index (χ4v) is 2.64. The van der Waals surface area contributed by atoms with E-state index >= 15 is 0 Å². The molecule has 0 unspecified atom stereocenters. The Bertz CT molecular complexity index is 838.